The smallest absolute Gasteiger partial charge is 0.0897 e. The second-order valence-electron chi connectivity index (χ2n) is 4.71. The molecular weight excluding hydrogens is 218 g/mol. The second kappa shape index (κ2) is 5.25. The summed E-state index contributed by atoms with van der Waals surface area (Å²) < 4.78 is 0. The van der Waals surface area contributed by atoms with Crippen LogP contribution in [-0.2, 0) is 6.54 Å². The molecule has 1 aliphatic heterocycles. The normalized spacial score (nSPS) is 27.2. The lowest BCUT2D eigenvalue weighted by Gasteiger charge is -2.36. The Bertz CT molecular complexity index is 337. The van der Waals surface area contributed by atoms with Gasteiger partial charge in [-0.2, -0.15) is 0 Å². The molecule has 1 saturated heterocycles. The van der Waals surface area contributed by atoms with Crippen LogP contribution >= 0.6 is 11.3 Å². The van der Waals surface area contributed by atoms with Crippen LogP contribution in [0.1, 0.15) is 30.5 Å². The topological polar surface area (TPSA) is 42.2 Å². The molecule has 0 aliphatic carbocycles. The number of piperidine rings is 1. The van der Waals surface area contributed by atoms with Crippen molar-refractivity contribution in [3.63, 3.8) is 0 Å². The highest BCUT2D eigenvalue weighted by Crippen LogP contribution is 2.20. The molecule has 2 rings (SSSR count). The van der Waals surface area contributed by atoms with E-state index in [-0.39, 0.29) is 0 Å². The molecular formula is C12H21N3S. The van der Waals surface area contributed by atoms with Gasteiger partial charge in [0.1, 0.15) is 0 Å². The number of hydrogen-bond donors (Lipinski definition) is 1. The Morgan fingerprint density at radius 3 is 3.06 bits per heavy atom. The zero-order valence-corrected chi connectivity index (χ0v) is 11.0. The van der Waals surface area contributed by atoms with Crippen molar-refractivity contribution in [3.05, 3.63) is 16.1 Å². The Balaban J connectivity index is 1.91. The fraction of sp³-hybridized carbons (Fsp3) is 0.750. The van der Waals surface area contributed by atoms with Crippen LogP contribution in [0.2, 0.25) is 0 Å². The monoisotopic (exact) mass is 239 g/mol. The van der Waals surface area contributed by atoms with Gasteiger partial charge in [-0.25, -0.2) is 4.98 Å². The molecule has 0 amide bonds. The van der Waals surface area contributed by atoms with Crippen molar-refractivity contribution in [2.45, 2.75) is 39.3 Å². The number of nitrogens with zero attached hydrogens (tertiary/aromatic N) is 2. The maximum absolute atomic E-state index is 6.11. The van der Waals surface area contributed by atoms with Gasteiger partial charge in [0.2, 0.25) is 0 Å². The molecule has 1 aromatic rings. The van der Waals surface area contributed by atoms with Crippen LogP contribution in [0.25, 0.3) is 0 Å². The zero-order chi connectivity index (χ0) is 11.5. The van der Waals surface area contributed by atoms with Crippen molar-refractivity contribution in [2.24, 2.45) is 11.7 Å². The molecule has 90 valence electrons. The van der Waals surface area contributed by atoms with Crippen molar-refractivity contribution in [1.82, 2.24) is 9.88 Å². The Hall–Kier alpha value is -0.450. The third-order valence-corrected chi connectivity index (χ3v) is 4.28. The third kappa shape index (κ3) is 2.81. The summed E-state index contributed by atoms with van der Waals surface area (Å²) in [4.78, 5) is 7.01. The minimum absolute atomic E-state index is 0.401. The van der Waals surface area contributed by atoms with Gasteiger partial charge in [-0.3, -0.25) is 4.90 Å². The van der Waals surface area contributed by atoms with Gasteiger partial charge in [0.25, 0.3) is 0 Å². The number of nitrogens with two attached hydrogens (primary N) is 1. The van der Waals surface area contributed by atoms with Gasteiger partial charge in [-0.15, -0.1) is 11.3 Å². The van der Waals surface area contributed by atoms with Crippen molar-refractivity contribution < 1.29 is 0 Å². The molecule has 2 atom stereocenters. The highest BCUT2D eigenvalue weighted by atomic mass is 32.1. The van der Waals surface area contributed by atoms with Crippen molar-refractivity contribution in [1.29, 1.82) is 0 Å². The summed E-state index contributed by atoms with van der Waals surface area (Å²) in [6.07, 6.45) is 2.31. The number of thiazole rings is 1. The predicted molar refractivity (Wildman–Crippen MR) is 68.5 cm³/mol. The summed E-state index contributed by atoms with van der Waals surface area (Å²) in [6, 6.07) is 0.401. The Labute approximate surface area is 102 Å². The Morgan fingerprint density at radius 1 is 1.62 bits per heavy atom. The third-order valence-electron chi connectivity index (χ3n) is 3.45. The molecule has 1 aromatic heterocycles. The van der Waals surface area contributed by atoms with Gasteiger partial charge in [-0.05, 0) is 19.3 Å². The van der Waals surface area contributed by atoms with Gasteiger partial charge in [0.15, 0.2) is 0 Å². The van der Waals surface area contributed by atoms with E-state index >= 15 is 0 Å². The van der Waals surface area contributed by atoms with Crippen LogP contribution < -0.4 is 5.73 Å². The predicted octanol–water partition coefficient (Wildman–Crippen LogP) is 2.01. The molecule has 1 fully saturated rings. The van der Waals surface area contributed by atoms with Crippen LogP contribution in [0, 0.1) is 12.8 Å². The van der Waals surface area contributed by atoms with Gasteiger partial charge in [0.05, 0.1) is 10.7 Å². The first-order chi connectivity index (χ1) is 7.69. The minimum atomic E-state index is 0.401. The summed E-state index contributed by atoms with van der Waals surface area (Å²) in [7, 11) is 0. The molecule has 0 aromatic carbocycles. The summed E-state index contributed by atoms with van der Waals surface area (Å²) in [5.41, 5.74) is 7.32. The molecule has 0 saturated carbocycles. The number of hydrogen-bond acceptors (Lipinski definition) is 4. The molecule has 16 heavy (non-hydrogen) atoms. The second-order valence-corrected chi connectivity index (χ2v) is 5.78. The van der Waals surface area contributed by atoms with E-state index in [0.29, 0.717) is 12.0 Å². The first-order valence-electron chi connectivity index (χ1n) is 6.08. The number of aryl methyl sites for hydroxylation is 1. The van der Waals surface area contributed by atoms with E-state index in [0.717, 1.165) is 31.1 Å². The maximum atomic E-state index is 6.11. The lowest BCUT2D eigenvalue weighted by atomic mass is 9.91. The number of likely N-dealkylation sites (tertiary alicyclic amines) is 1. The van der Waals surface area contributed by atoms with E-state index in [1.165, 1.54) is 12.1 Å². The van der Waals surface area contributed by atoms with Gasteiger partial charge in [0, 0.05) is 31.1 Å². The molecule has 0 bridgehead atoms. The lowest BCUT2D eigenvalue weighted by Crippen LogP contribution is -2.46. The van der Waals surface area contributed by atoms with Crippen LogP contribution in [0.5, 0.6) is 0 Å². The Kier molecular flexibility index (Phi) is 3.95. The molecule has 3 nitrogen and oxygen atoms in total. The first kappa shape index (κ1) is 12.0. The van der Waals surface area contributed by atoms with E-state index in [1.54, 1.807) is 11.3 Å². The number of rotatable bonds is 3. The standard InChI is InChI=1S/C12H21N3S/c1-3-10-6-15(5-4-12(10)13)7-11-8-16-9(2)14-11/h8,10,12H,3-7,13H2,1-2H3. The highest BCUT2D eigenvalue weighted by Gasteiger charge is 2.25. The largest absolute Gasteiger partial charge is 0.327 e. The van der Waals surface area contributed by atoms with Crippen LogP contribution in [0.15, 0.2) is 5.38 Å². The minimum Gasteiger partial charge on any atom is -0.327 e. The summed E-state index contributed by atoms with van der Waals surface area (Å²) >= 11 is 1.74. The molecule has 2 N–H and O–H groups in total. The highest BCUT2D eigenvalue weighted by molar-refractivity contribution is 7.09. The SMILES string of the molecule is CCC1CN(Cc2csc(C)n2)CCC1N. The molecule has 2 heterocycles. The molecule has 1 aliphatic rings. The van der Waals surface area contributed by atoms with Gasteiger partial charge in [-0.1, -0.05) is 13.3 Å². The fourth-order valence-electron chi connectivity index (χ4n) is 2.41. The van der Waals surface area contributed by atoms with Gasteiger partial charge >= 0.3 is 0 Å². The van der Waals surface area contributed by atoms with E-state index in [2.05, 4.69) is 29.1 Å². The maximum Gasteiger partial charge on any atom is 0.0897 e. The van der Waals surface area contributed by atoms with E-state index in [9.17, 15) is 0 Å². The molecule has 0 spiro atoms. The quantitative estimate of drug-likeness (QED) is 0.877. The van der Waals surface area contributed by atoms with Crippen molar-refractivity contribution in [3.8, 4) is 0 Å². The molecule has 0 radical (unpaired) electrons. The van der Waals surface area contributed by atoms with Crippen LogP contribution in [-0.4, -0.2) is 29.0 Å². The van der Waals surface area contributed by atoms with Gasteiger partial charge < -0.3 is 5.73 Å². The summed E-state index contributed by atoms with van der Waals surface area (Å²) in [5.74, 6) is 0.661. The van der Waals surface area contributed by atoms with Crippen molar-refractivity contribution >= 4 is 11.3 Å². The first-order valence-corrected chi connectivity index (χ1v) is 6.96. The number of aromatic nitrogens is 1. The van der Waals surface area contributed by atoms with Crippen molar-refractivity contribution in [2.75, 3.05) is 13.1 Å². The fourth-order valence-corrected chi connectivity index (χ4v) is 3.01. The average Bonchev–Trinajstić information content (AvgIpc) is 2.67. The van der Waals surface area contributed by atoms with Crippen LogP contribution in [0.4, 0.5) is 0 Å². The lowest BCUT2D eigenvalue weighted by molar-refractivity contribution is 0.144. The summed E-state index contributed by atoms with van der Waals surface area (Å²) in [6.45, 7) is 7.55. The molecule has 2 unspecified atom stereocenters. The molecule has 4 heteroatoms. The van der Waals surface area contributed by atoms with Crippen LogP contribution in [0.3, 0.4) is 0 Å². The van der Waals surface area contributed by atoms with E-state index in [1.807, 2.05) is 0 Å². The summed E-state index contributed by atoms with van der Waals surface area (Å²) in [5, 5.41) is 3.33. The van der Waals surface area contributed by atoms with E-state index in [4.69, 9.17) is 5.73 Å². The average molecular weight is 239 g/mol. The van der Waals surface area contributed by atoms with E-state index < -0.39 is 0 Å². The Morgan fingerprint density at radius 2 is 2.44 bits per heavy atom. The zero-order valence-electron chi connectivity index (χ0n) is 10.1.